The van der Waals surface area contributed by atoms with Crippen molar-refractivity contribution < 1.29 is 10.0 Å². The van der Waals surface area contributed by atoms with Gasteiger partial charge in [-0.2, -0.15) is 5.10 Å². The van der Waals surface area contributed by atoms with E-state index in [0.717, 1.165) is 11.1 Å². The van der Waals surface area contributed by atoms with Crippen molar-refractivity contribution in [2.75, 3.05) is 0 Å². The first-order valence-corrected chi connectivity index (χ1v) is 6.40. The summed E-state index contributed by atoms with van der Waals surface area (Å²) in [5, 5.41) is 24.2. The van der Waals surface area contributed by atoms with Crippen LogP contribution < -0.4 is 0 Å². The molecule has 0 saturated carbocycles. The predicted molar refractivity (Wildman–Crippen MR) is 72.8 cm³/mol. The molecule has 19 heavy (non-hydrogen) atoms. The van der Waals surface area contributed by atoms with Crippen molar-refractivity contribution in [1.82, 2.24) is 9.78 Å². The van der Waals surface area contributed by atoms with Gasteiger partial charge in [0, 0.05) is 28.4 Å². The maximum atomic E-state index is 10.6. The second kappa shape index (κ2) is 5.50. The Morgan fingerprint density at radius 3 is 2.84 bits per heavy atom. The molecule has 0 amide bonds. The third-order valence-electron chi connectivity index (χ3n) is 2.72. The van der Waals surface area contributed by atoms with E-state index in [0.29, 0.717) is 11.0 Å². The highest BCUT2D eigenvalue weighted by atomic mass is 79.9. The van der Waals surface area contributed by atoms with Crippen molar-refractivity contribution in [2.24, 2.45) is 0 Å². The summed E-state index contributed by atoms with van der Waals surface area (Å²) in [4.78, 5) is 10.2. The average Bonchev–Trinajstić information content (AvgIpc) is 2.80. The lowest BCUT2D eigenvalue weighted by Crippen LogP contribution is -2.01. The van der Waals surface area contributed by atoms with Crippen molar-refractivity contribution in [3.63, 3.8) is 0 Å². The van der Waals surface area contributed by atoms with Crippen LogP contribution in [0.5, 0.6) is 0 Å². The van der Waals surface area contributed by atoms with Crippen molar-refractivity contribution in [2.45, 2.75) is 19.6 Å². The maximum Gasteiger partial charge on any atom is 0.270 e. The fraction of sp³-hybridized carbons (Fsp3) is 0.250. The molecule has 2 rings (SSSR count). The van der Waals surface area contributed by atoms with Gasteiger partial charge in [0.1, 0.15) is 0 Å². The van der Waals surface area contributed by atoms with Crippen molar-refractivity contribution >= 4 is 21.6 Å². The first-order valence-electron chi connectivity index (χ1n) is 5.60. The second-order valence-corrected chi connectivity index (χ2v) is 5.03. The van der Waals surface area contributed by atoms with Gasteiger partial charge in [0.15, 0.2) is 0 Å². The first-order chi connectivity index (χ1) is 8.97. The zero-order valence-corrected chi connectivity index (χ0v) is 11.7. The third kappa shape index (κ3) is 3.18. The predicted octanol–water partition coefficient (Wildman–Crippen LogP) is 2.66. The molecule has 0 aliphatic rings. The monoisotopic (exact) mass is 325 g/mol. The summed E-state index contributed by atoms with van der Waals surface area (Å²) in [5.41, 5.74) is 1.66. The molecule has 1 unspecified atom stereocenters. The normalized spacial score (nSPS) is 12.4. The molecular formula is C12H12BrN3O3. The Kier molecular flexibility index (Phi) is 3.96. The van der Waals surface area contributed by atoms with E-state index < -0.39 is 11.0 Å². The van der Waals surface area contributed by atoms with Crippen LogP contribution in [-0.4, -0.2) is 19.8 Å². The van der Waals surface area contributed by atoms with Crippen LogP contribution in [-0.2, 0) is 6.54 Å². The van der Waals surface area contributed by atoms with Gasteiger partial charge in [0.05, 0.1) is 23.8 Å². The third-order valence-corrected chi connectivity index (χ3v) is 3.45. The van der Waals surface area contributed by atoms with Gasteiger partial charge in [-0.3, -0.25) is 14.8 Å². The van der Waals surface area contributed by atoms with Crippen LogP contribution in [0.2, 0.25) is 0 Å². The molecule has 0 fully saturated rings. The van der Waals surface area contributed by atoms with Gasteiger partial charge < -0.3 is 5.11 Å². The molecule has 7 heteroatoms. The van der Waals surface area contributed by atoms with Crippen LogP contribution in [0.1, 0.15) is 24.2 Å². The van der Waals surface area contributed by atoms with E-state index in [4.69, 9.17) is 0 Å². The van der Waals surface area contributed by atoms with E-state index in [1.54, 1.807) is 30.1 Å². The molecular weight excluding hydrogens is 314 g/mol. The Hall–Kier alpha value is -1.73. The number of hydrogen-bond acceptors (Lipinski definition) is 4. The van der Waals surface area contributed by atoms with Crippen LogP contribution in [0.4, 0.5) is 5.69 Å². The van der Waals surface area contributed by atoms with Gasteiger partial charge in [-0.05, 0) is 18.6 Å². The number of aromatic nitrogens is 2. The number of rotatable bonds is 4. The van der Waals surface area contributed by atoms with E-state index in [9.17, 15) is 15.2 Å². The SMILES string of the molecule is CC(O)c1cnn(Cc2ccc([N+](=O)[O-])cc2Br)c1. The molecule has 0 aliphatic carbocycles. The number of nitrogens with zero attached hydrogens (tertiary/aromatic N) is 3. The summed E-state index contributed by atoms with van der Waals surface area (Å²) in [6.45, 7) is 2.15. The molecule has 2 aromatic rings. The molecule has 1 aromatic heterocycles. The number of benzene rings is 1. The number of aliphatic hydroxyl groups excluding tert-OH is 1. The molecule has 1 heterocycles. The lowest BCUT2D eigenvalue weighted by Gasteiger charge is -2.05. The fourth-order valence-electron chi connectivity index (χ4n) is 1.63. The maximum absolute atomic E-state index is 10.6. The zero-order valence-electron chi connectivity index (χ0n) is 10.2. The van der Waals surface area contributed by atoms with E-state index in [2.05, 4.69) is 21.0 Å². The summed E-state index contributed by atoms with van der Waals surface area (Å²) in [7, 11) is 0. The minimum Gasteiger partial charge on any atom is -0.389 e. The average molecular weight is 326 g/mol. The number of nitro benzene ring substituents is 1. The van der Waals surface area contributed by atoms with Crippen LogP contribution >= 0.6 is 15.9 Å². The summed E-state index contributed by atoms with van der Waals surface area (Å²) in [5.74, 6) is 0. The lowest BCUT2D eigenvalue weighted by atomic mass is 10.2. The van der Waals surface area contributed by atoms with Crippen LogP contribution in [0.15, 0.2) is 35.1 Å². The van der Waals surface area contributed by atoms with Crippen LogP contribution in [0, 0.1) is 10.1 Å². The van der Waals surface area contributed by atoms with Crippen molar-refractivity contribution in [3.05, 3.63) is 56.3 Å². The quantitative estimate of drug-likeness (QED) is 0.692. The fourth-order valence-corrected chi connectivity index (χ4v) is 2.13. The van der Waals surface area contributed by atoms with Crippen LogP contribution in [0.25, 0.3) is 0 Å². The number of halogens is 1. The van der Waals surface area contributed by atoms with Gasteiger partial charge in [-0.15, -0.1) is 0 Å². The minimum absolute atomic E-state index is 0.0424. The summed E-state index contributed by atoms with van der Waals surface area (Å²) in [6, 6.07) is 4.61. The van der Waals surface area contributed by atoms with Crippen LogP contribution in [0.3, 0.4) is 0 Å². The molecule has 1 atom stereocenters. The Labute approximate surface area is 118 Å². The molecule has 0 radical (unpaired) electrons. The summed E-state index contributed by atoms with van der Waals surface area (Å²) < 4.78 is 2.34. The standard InChI is InChI=1S/C12H12BrN3O3/c1-8(17)10-5-14-15(7-10)6-9-2-3-11(16(18)19)4-12(9)13/h2-5,7-8,17H,6H2,1H3. The number of nitro groups is 1. The number of hydrogen-bond donors (Lipinski definition) is 1. The first kappa shape index (κ1) is 13.7. The van der Waals surface area contributed by atoms with Gasteiger partial charge >= 0.3 is 0 Å². The molecule has 100 valence electrons. The van der Waals surface area contributed by atoms with E-state index in [-0.39, 0.29) is 5.69 Å². The molecule has 6 nitrogen and oxygen atoms in total. The van der Waals surface area contributed by atoms with Gasteiger partial charge in [0.2, 0.25) is 0 Å². The highest BCUT2D eigenvalue weighted by molar-refractivity contribution is 9.10. The van der Waals surface area contributed by atoms with Gasteiger partial charge in [-0.25, -0.2) is 0 Å². The highest BCUT2D eigenvalue weighted by Gasteiger charge is 2.10. The van der Waals surface area contributed by atoms with Crippen molar-refractivity contribution in [1.29, 1.82) is 0 Å². The Bertz CT molecular complexity index is 610. The van der Waals surface area contributed by atoms with Gasteiger partial charge in [-0.1, -0.05) is 15.9 Å². The molecule has 0 spiro atoms. The largest absolute Gasteiger partial charge is 0.389 e. The molecule has 0 saturated heterocycles. The Morgan fingerprint density at radius 1 is 1.58 bits per heavy atom. The Morgan fingerprint density at radius 2 is 2.32 bits per heavy atom. The minimum atomic E-state index is -0.561. The lowest BCUT2D eigenvalue weighted by molar-refractivity contribution is -0.384. The zero-order chi connectivity index (χ0) is 14.0. The number of aliphatic hydroxyl groups is 1. The molecule has 0 aliphatic heterocycles. The molecule has 0 bridgehead atoms. The summed E-state index contributed by atoms with van der Waals surface area (Å²) in [6.07, 6.45) is 2.79. The van der Waals surface area contributed by atoms with E-state index >= 15 is 0 Å². The summed E-state index contributed by atoms with van der Waals surface area (Å²) >= 11 is 3.31. The van der Waals surface area contributed by atoms with E-state index in [1.165, 1.54) is 12.1 Å². The Balaban J connectivity index is 2.20. The molecule has 1 aromatic carbocycles. The highest BCUT2D eigenvalue weighted by Crippen LogP contribution is 2.24. The van der Waals surface area contributed by atoms with Gasteiger partial charge in [0.25, 0.3) is 5.69 Å². The molecule has 1 N–H and O–H groups in total. The smallest absolute Gasteiger partial charge is 0.270 e. The van der Waals surface area contributed by atoms with E-state index in [1.807, 2.05) is 0 Å². The number of non-ortho nitro benzene ring substituents is 1. The topological polar surface area (TPSA) is 81.2 Å². The second-order valence-electron chi connectivity index (χ2n) is 4.18. The van der Waals surface area contributed by atoms with Crippen molar-refractivity contribution in [3.8, 4) is 0 Å².